The first-order valence-corrected chi connectivity index (χ1v) is 13.2. The van der Waals surface area contributed by atoms with Gasteiger partial charge in [0.2, 0.25) is 0 Å². The lowest BCUT2D eigenvalue weighted by Crippen LogP contribution is -2.28. The van der Waals surface area contributed by atoms with Gasteiger partial charge >= 0.3 is 0 Å². The molecule has 0 saturated heterocycles. The summed E-state index contributed by atoms with van der Waals surface area (Å²) in [7, 11) is 0. The number of ether oxygens (including phenoxy) is 1. The number of allylic oxidation sites excluding steroid dienone is 2. The summed E-state index contributed by atoms with van der Waals surface area (Å²) >= 11 is 3.46. The molecular weight excluding hydrogens is 508 g/mol. The minimum atomic E-state index is 0.308. The van der Waals surface area contributed by atoms with Gasteiger partial charge in [0, 0.05) is 22.3 Å². The lowest BCUT2D eigenvalue weighted by Gasteiger charge is -2.37. The zero-order valence-electron chi connectivity index (χ0n) is 19.8. The molecule has 178 valence electrons. The third-order valence-electron chi connectivity index (χ3n) is 7.09. The Balaban J connectivity index is 1.10. The number of hydrogen-bond donors (Lipinski definition) is 1. The molecule has 0 fully saturated rings. The zero-order chi connectivity index (χ0) is 24.3. The SMILES string of the molecule is Brc1ccc(COc2ccc(C=Nc3ccc([C@@H]4Nc5ccccc5[C@@H]5C=CC[C@@H]54)cc3)cc2)cc1. The van der Waals surface area contributed by atoms with Crippen molar-refractivity contribution in [2.24, 2.45) is 10.9 Å². The lowest BCUT2D eigenvalue weighted by molar-refractivity contribution is 0.306. The number of nitrogens with zero attached hydrogens (tertiary/aromatic N) is 1. The van der Waals surface area contributed by atoms with E-state index in [1.54, 1.807) is 0 Å². The Morgan fingerprint density at radius 1 is 0.889 bits per heavy atom. The number of halogens is 1. The van der Waals surface area contributed by atoms with Crippen molar-refractivity contribution in [3.05, 3.63) is 136 Å². The van der Waals surface area contributed by atoms with E-state index in [0.29, 0.717) is 24.5 Å². The second kappa shape index (κ2) is 10.2. The van der Waals surface area contributed by atoms with Crippen LogP contribution in [0.3, 0.4) is 0 Å². The van der Waals surface area contributed by atoms with Crippen LogP contribution in [0.25, 0.3) is 0 Å². The first-order valence-electron chi connectivity index (χ1n) is 12.4. The number of benzene rings is 4. The summed E-state index contributed by atoms with van der Waals surface area (Å²) < 4.78 is 6.97. The minimum absolute atomic E-state index is 0.308. The smallest absolute Gasteiger partial charge is 0.119 e. The van der Waals surface area contributed by atoms with Crippen molar-refractivity contribution in [1.29, 1.82) is 0 Å². The average Bonchev–Trinajstić information content (AvgIpc) is 3.43. The van der Waals surface area contributed by atoms with Gasteiger partial charge in [-0.25, -0.2) is 0 Å². The predicted molar refractivity (Wildman–Crippen MR) is 151 cm³/mol. The monoisotopic (exact) mass is 534 g/mol. The summed E-state index contributed by atoms with van der Waals surface area (Å²) in [6.45, 7) is 0.548. The fourth-order valence-corrected chi connectivity index (χ4v) is 5.45. The van der Waals surface area contributed by atoms with Crippen molar-refractivity contribution in [2.75, 3.05) is 5.32 Å². The Hall–Kier alpha value is -3.63. The molecule has 0 saturated carbocycles. The van der Waals surface area contributed by atoms with Crippen molar-refractivity contribution < 1.29 is 4.74 Å². The fraction of sp³-hybridized carbons (Fsp3) is 0.156. The van der Waals surface area contributed by atoms with Gasteiger partial charge in [-0.3, -0.25) is 4.99 Å². The van der Waals surface area contributed by atoms with Gasteiger partial charge in [0.05, 0.1) is 11.7 Å². The van der Waals surface area contributed by atoms with Crippen LogP contribution < -0.4 is 10.1 Å². The highest BCUT2D eigenvalue weighted by atomic mass is 79.9. The third-order valence-corrected chi connectivity index (χ3v) is 7.61. The Morgan fingerprint density at radius 3 is 2.47 bits per heavy atom. The van der Waals surface area contributed by atoms with E-state index in [2.05, 4.69) is 94.1 Å². The van der Waals surface area contributed by atoms with Crippen LogP contribution in [-0.2, 0) is 6.61 Å². The van der Waals surface area contributed by atoms with Crippen LogP contribution in [-0.4, -0.2) is 6.21 Å². The highest BCUT2D eigenvalue weighted by Gasteiger charge is 2.37. The quantitative estimate of drug-likeness (QED) is 0.198. The van der Waals surface area contributed by atoms with Gasteiger partial charge in [0.15, 0.2) is 0 Å². The lowest BCUT2D eigenvalue weighted by atomic mass is 9.77. The second-order valence-electron chi connectivity index (χ2n) is 9.40. The molecule has 3 atom stereocenters. The highest BCUT2D eigenvalue weighted by molar-refractivity contribution is 9.10. The molecule has 36 heavy (non-hydrogen) atoms. The number of fused-ring (bicyclic) bond motifs is 3. The first kappa shape index (κ1) is 22.8. The number of anilines is 1. The number of nitrogens with one attached hydrogen (secondary N) is 1. The summed E-state index contributed by atoms with van der Waals surface area (Å²) in [6, 6.07) is 33.9. The van der Waals surface area contributed by atoms with E-state index in [0.717, 1.165) is 33.5 Å². The van der Waals surface area contributed by atoms with E-state index >= 15 is 0 Å². The van der Waals surface area contributed by atoms with Crippen LogP contribution in [0.5, 0.6) is 5.75 Å². The van der Waals surface area contributed by atoms with E-state index < -0.39 is 0 Å². The van der Waals surface area contributed by atoms with Crippen LogP contribution in [0.1, 0.15) is 40.6 Å². The van der Waals surface area contributed by atoms with E-state index in [4.69, 9.17) is 9.73 Å². The van der Waals surface area contributed by atoms with Crippen LogP contribution in [0.15, 0.2) is 119 Å². The molecule has 2 aliphatic rings. The topological polar surface area (TPSA) is 33.6 Å². The molecule has 0 aromatic heterocycles. The Morgan fingerprint density at radius 2 is 1.67 bits per heavy atom. The molecule has 6 rings (SSSR count). The standard InChI is InChI=1S/C32H27BrN2O/c33-25-14-8-23(9-15-25)21-36-27-18-10-22(11-19-27)20-34-26-16-12-24(13-17-26)32-30-6-3-5-28(30)29-4-1-2-7-31(29)35-32/h1-5,7-20,28,30,32,35H,6,21H2/t28-,30-,32-/m0/s1. The summed E-state index contributed by atoms with van der Waals surface area (Å²) in [5.41, 5.74) is 7.11. The Kier molecular flexibility index (Phi) is 6.44. The van der Waals surface area contributed by atoms with E-state index in [9.17, 15) is 0 Å². The molecule has 0 amide bonds. The molecule has 1 N–H and O–H groups in total. The summed E-state index contributed by atoms with van der Waals surface area (Å²) in [5.74, 6) is 1.89. The Labute approximate surface area is 220 Å². The van der Waals surface area contributed by atoms with Gasteiger partial charge in [-0.05, 0) is 89.2 Å². The Bertz CT molecular complexity index is 1390. The van der Waals surface area contributed by atoms with Gasteiger partial charge < -0.3 is 10.1 Å². The van der Waals surface area contributed by atoms with E-state index in [1.165, 1.54) is 16.8 Å². The second-order valence-corrected chi connectivity index (χ2v) is 10.3. The molecule has 4 aromatic rings. The van der Waals surface area contributed by atoms with Crippen LogP contribution in [0.2, 0.25) is 0 Å². The minimum Gasteiger partial charge on any atom is -0.489 e. The molecule has 0 radical (unpaired) electrons. The number of aliphatic imine (C=N–C) groups is 1. The largest absolute Gasteiger partial charge is 0.489 e. The maximum Gasteiger partial charge on any atom is 0.119 e. The summed E-state index contributed by atoms with van der Waals surface area (Å²) in [5, 5.41) is 3.80. The molecule has 3 nitrogen and oxygen atoms in total. The number of hydrogen-bond acceptors (Lipinski definition) is 3. The van der Waals surface area contributed by atoms with Crippen molar-refractivity contribution in [1.82, 2.24) is 0 Å². The van der Waals surface area contributed by atoms with E-state index in [-0.39, 0.29) is 0 Å². The molecular formula is C32H27BrN2O. The molecule has 0 spiro atoms. The summed E-state index contributed by atoms with van der Waals surface area (Å²) in [6.07, 6.45) is 7.73. The number of para-hydroxylation sites is 1. The van der Waals surface area contributed by atoms with Gasteiger partial charge in [0.1, 0.15) is 12.4 Å². The fourth-order valence-electron chi connectivity index (χ4n) is 5.19. The molecule has 1 aliphatic carbocycles. The maximum absolute atomic E-state index is 5.90. The first-order chi connectivity index (χ1) is 17.7. The molecule has 4 aromatic carbocycles. The normalized spacial score (nSPS) is 20.1. The van der Waals surface area contributed by atoms with Crippen LogP contribution >= 0.6 is 15.9 Å². The summed E-state index contributed by atoms with van der Waals surface area (Å²) in [4.78, 5) is 4.69. The van der Waals surface area contributed by atoms with Crippen molar-refractivity contribution in [2.45, 2.75) is 25.0 Å². The van der Waals surface area contributed by atoms with Crippen LogP contribution in [0.4, 0.5) is 11.4 Å². The van der Waals surface area contributed by atoms with Crippen molar-refractivity contribution in [3.63, 3.8) is 0 Å². The zero-order valence-corrected chi connectivity index (χ0v) is 21.4. The highest BCUT2D eigenvalue weighted by Crippen LogP contribution is 2.49. The molecule has 1 heterocycles. The number of rotatable bonds is 6. The van der Waals surface area contributed by atoms with Gasteiger partial charge in [0.25, 0.3) is 0 Å². The average molecular weight is 535 g/mol. The van der Waals surface area contributed by atoms with Gasteiger partial charge in [-0.2, -0.15) is 0 Å². The van der Waals surface area contributed by atoms with Crippen molar-refractivity contribution >= 4 is 33.5 Å². The maximum atomic E-state index is 5.90. The molecule has 0 unspecified atom stereocenters. The van der Waals surface area contributed by atoms with Crippen LogP contribution in [0, 0.1) is 5.92 Å². The molecule has 4 heteroatoms. The predicted octanol–water partition coefficient (Wildman–Crippen LogP) is 8.61. The molecule has 0 bridgehead atoms. The van der Waals surface area contributed by atoms with Gasteiger partial charge in [-0.1, -0.05) is 70.5 Å². The van der Waals surface area contributed by atoms with E-state index in [1.807, 2.05) is 42.6 Å². The molecule has 1 aliphatic heterocycles. The third kappa shape index (κ3) is 4.87. The van der Waals surface area contributed by atoms with Crippen molar-refractivity contribution in [3.8, 4) is 5.75 Å². The van der Waals surface area contributed by atoms with Gasteiger partial charge in [-0.15, -0.1) is 0 Å².